The Bertz CT molecular complexity index is 340. The summed E-state index contributed by atoms with van der Waals surface area (Å²) >= 11 is 0. The quantitative estimate of drug-likeness (QED) is 0.656. The van der Waals surface area contributed by atoms with Gasteiger partial charge in [-0.05, 0) is 62.2 Å². The lowest BCUT2D eigenvalue weighted by Crippen LogP contribution is -2.35. The molecule has 3 heteroatoms. The Kier molecular flexibility index (Phi) is 2.18. The molecule has 0 aromatic rings. The van der Waals surface area contributed by atoms with E-state index in [-0.39, 0.29) is 12.2 Å². The van der Waals surface area contributed by atoms with E-state index in [1.165, 1.54) is 32.1 Å². The Hall–Kier alpha value is -0.730. The second kappa shape index (κ2) is 3.63. The summed E-state index contributed by atoms with van der Waals surface area (Å²) in [6.45, 7) is 0. The number of hydrogen-bond acceptors (Lipinski definition) is 3. The minimum Gasteiger partial charge on any atom is -0.427 e. The van der Waals surface area contributed by atoms with Crippen molar-refractivity contribution in [2.75, 3.05) is 0 Å². The van der Waals surface area contributed by atoms with Crippen LogP contribution >= 0.6 is 0 Å². The van der Waals surface area contributed by atoms with Crippen molar-refractivity contribution in [3.8, 4) is 0 Å². The summed E-state index contributed by atoms with van der Waals surface area (Å²) in [5, 5.41) is 0. The molecule has 4 fully saturated rings. The monoisotopic (exact) mass is 236 g/mol. The van der Waals surface area contributed by atoms with Crippen LogP contribution in [0.15, 0.2) is 0 Å². The van der Waals surface area contributed by atoms with E-state index >= 15 is 0 Å². The third-order valence-corrected chi connectivity index (χ3v) is 5.67. The van der Waals surface area contributed by atoms with E-state index in [2.05, 4.69) is 0 Å². The van der Waals surface area contributed by atoms with Gasteiger partial charge < -0.3 is 9.47 Å². The van der Waals surface area contributed by atoms with Gasteiger partial charge in [0.2, 0.25) is 0 Å². The minimum atomic E-state index is -0.436. The number of rotatable bonds is 1. The average molecular weight is 236 g/mol. The molecule has 3 aliphatic carbocycles. The Morgan fingerprint density at radius 2 is 1.59 bits per heavy atom. The number of carbonyl (C=O) groups is 1. The van der Waals surface area contributed by atoms with Crippen LogP contribution in [0.3, 0.4) is 0 Å². The van der Waals surface area contributed by atoms with Gasteiger partial charge in [0.25, 0.3) is 0 Å². The predicted molar refractivity (Wildman–Crippen MR) is 61.4 cm³/mol. The van der Waals surface area contributed by atoms with Gasteiger partial charge in [0.1, 0.15) is 12.2 Å². The second-order valence-corrected chi connectivity index (χ2v) is 6.47. The molecule has 0 aromatic carbocycles. The van der Waals surface area contributed by atoms with Gasteiger partial charge in [-0.3, -0.25) is 0 Å². The van der Waals surface area contributed by atoms with Crippen LogP contribution in [0.25, 0.3) is 0 Å². The van der Waals surface area contributed by atoms with E-state index in [1.807, 2.05) is 0 Å². The van der Waals surface area contributed by atoms with Crippen LogP contribution in [-0.4, -0.2) is 18.4 Å². The second-order valence-electron chi connectivity index (χ2n) is 6.47. The van der Waals surface area contributed by atoms with Gasteiger partial charge in [0.05, 0.1) is 0 Å². The summed E-state index contributed by atoms with van der Waals surface area (Å²) in [7, 11) is 0. The lowest BCUT2D eigenvalue weighted by Gasteiger charge is -2.36. The Balaban J connectivity index is 1.45. The zero-order chi connectivity index (χ0) is 11.4. The molecule has 4 rings (SSSR count). The third-order valence-electron chi connectivity index (χ3n) is 5.67. The van der Waals surface area contributed by atoms with E-state index in [1.54, 1.807) is 0 Å². The summed E-state index contributed by atoms with van der Waals surface area (Å²) < 4.78 is 10.5. The normalized spacial score (nSPS) is 52.1. The molecule has 2 bridgehead atoms. The lowest BCUT2D eigenvalue weighted by molar-refractivity contribution is 0.0488. The summed E-state index contributed by atoms with van der Waals surface area (Å²) in [4.78, 5) is 11.1. The molecule has 1 aliphatic heterocycles. The third kappa shape index (κ3) is 1.58. The molecular formula is C14H20O3. The van der Waals surface area contributed by atoms with Crippen molar-refractivity contribution >= 4 is 6.16 Å². The molecule has 0 spiro atoms. The molecule has 1 heterocycles. The van der Waals surface area contributed by atoms with Gasteiger partial charge in [-0.15, -0.1) is 0 Å². The molecule has 94 valence electrons. The molecule has 6 unspecified atom stereocenters. The molecule has 0 N–H and O–H groups in total. The molecule has 4 aliphatic rings. The Labute approximate surface area is 102 Å². The highest BCUT2D eigenvalue weighted by Gasteiger charge is 2.48. The van der Waals surface area contributed by atoms with Crippen LogP contribution in [0.2, 0.25) is 0 Å². The van der Waals surface area contributed by atoms with Crippen LogP contribution in [0.5, 0.6) is 0 Å². The highest BCUT2D eigenvalue weighted by molar-refractivity contribution is 5.62. The molecule has 3 saturated carbocycles. The fourth-order valence-electron chi connectivity index (χ4n) is 4.93. The summed E-state index contributed by atoms with van der Waals surface area (Å²) in [5.41, 5.74) is 0. The summed E-state index contributed by atoms with van der Waals surface area (Å²) in [6, 6.07) is 0. The lowest BCUT2D eigenvalue weighted by atomic mass is 9.71. The first kappa shape index (κ1) is 10.2. The first-order valence-corrected chi connectivity index (χ1v) is 7.17. The molecule has 0 amide bonds. The van der Waals surface area contributed by atoms with Crippen molar-refractivity contribution in [2.45, 2.75) is 57.2 Å². The molecule has 1 saturated heterocycles. The maximum atomic E-state index is 11.1. The number of carbonyl (C=O) groups excluding carboxylic acids is 1. The SMILES string of the molecule is O=C1OC2CCC(C3CC4CCC3C4)CC2O1. The van der Waals surface area contributed by atoms with Crippen LogP contribution in [0, 0.1) is 23.7 Å². The van der Waals surface area contributed by atoms with E-state index in [0.29, 0.717) is 0 Å². The summed E-state index contributed by atoms with van der Waals surface area (Å²) in [6.07, 6.45) is 8.87. The topological polar surface area (TPSA) is 35.5 Å². The van der Waals surface area contributed by atoms with E-state index < -0.39 is 6.16 Å². The average Bonchev–Trinajstić information content (AvgIpc) is 3.00. The van der Waals surface area contributed by atoms with Crippen molar-refractivity contribution in [1.29, 1.82) is 0 Å². The fraction of sp³-hybridized carbons (Fsp3) is 0.929. The maximum absolute atomic E-state index is 11.1. The Morgan fingerprint density at radius 1 is 0.824 bits per heavy atom. The predicted octanol–water partition coefficient (Wildman–Crippen LogP) is 3.13. The number of fused-ring (bicyclic) bond motifs is 3. The molecular weight excluding hydrogens is 216 g/mol. The van der Waals surface area contributed by atoms with Gasteiger partial charge in [-0.1, -0.05) is 6.42 Å². The van der Waals surface area contributed by atoms with E-state index in [0.717, 1.165) is 36.5 Å². The van der Waals surface area contributed by atoms with Gasteiger partial charge in [-0.2, -0.15) is 0 Å². The molecule has 3 nitrogen and oxygen atoms in total. The van der Waals surface area contributed by atoms with Crippen LogP contribution in [-0.2, 0) is 9.47 Å². The first-order chi connectivity index (χ1) is 8.29. The molecule has 0 aromatic heterocycles. The summed E-state index contributed by atoms with van der Waals surface area (Å²) in [5.74, 6) is 3.72. The fourth-order valence-corrected chi connectivity index (χ4v) is 4.93. The van der Waals surface area contributed by atoms with Crippen LogP contribution in [0.4, 0.5) is 4.79 Å². The number of hydrogen-bond donors (Lipinski definition) is 0. The van der Waals surface area contributed by atoms with Gasteiger partial charge in [-0.25, -0.2) is 4.79 Å². The largest absolute Gasteiger partial charge is 0.509 e. The Morgan fingerprint density at radius 3 is 2.35 bits per heavy atom. The van der Waals surface area contributed by atoms with Crippen molar-refractivity contribution in [3.05, 3.63) is 0 Å². The first-order valence-electron chi connectivity index (χ1n) is 7.17. The van der Waals surface area contributed by atoms with Crippen molar-refractivity contribution in [2.24, 2.45) is 23.7 Å². The minimum absolute atomic E-state index is 0.0670. The standard InChI is InChI=1S/C14H20O3/c15-14-16-12-4-3-10(7-13(12)17-14)11-6-8-1-2-9(11)5-8/h8-13H,1-7H2. The molecule has 17 heavy (non-hydrogen) atoms. The van der Waals surface area contributed by atoms with E-state index in [9.17, 15) is 4.79 Å². The molecule has 0 radical (unpaired) electrons. The zero-order valence-electron chi connectivity index (χ0n) is 10.1. The van der Waals surface area contributed by atoms with Gasteiger partial charge in [0, 0.05) is 0 Å². The highest BCUT2D eigenvalue weighted by atomic mass is 16.8. The van der Waals surface area contributed by atoms with Crippen LogP contribution < -0.4 is 0 Å². The van der Waals surface area contributed by atoms with Crippen LogP contribution in [0.1, 0.15) is 44.9 Å². The molecule has 6 atom stereocenters. The van der Waals surface area contributed by atoms with Gasteiger partial charge >= 0.3 is 6.16 Å². The van der Waals surface area contributed by atoms with Crippen molar-refractivity contribution in [1.82, 2.24) is 0 Å². The maximum Gasteiger partial charge on any atom is 0.509 e. The zero-order valence-corrected chi connectivity index (χ0v) is 10.1. The van der Waals surface area contributed by atoms with E-state index in [4.69, 9.17) is 9.47 Å². The number of ether oxygens (including phenoxy) is 2. The smallest absolute Gasteiger partial charge is 0.427 e. The van der Waals surface area contributed by atoms with Gasteiger partial charge in [0.15, 0.2) is 0 Å². The highest BCUT2D eigenvalue weighted by Crippen LogP contribution is 2.54. The van der Waals surface area contributed by atoms with Crippen molar-refractivity contribution in [3.63, 3.8) is 0 Å². The van der Waals surface area contributed by atoms with Crippen molar-refractivity contribution < 1.29 is 14.3 Å².